The zero-order valence-corrected chi connectivity index (χ0v) is 19.1. The van der Waals surface area contributed by atoms with Crippen LogP contribution in [0.3, 0.4) is 0 Å². The second kappa shape index (κ2) is 9.56. The van der Waals surface area contributed by atoms with Crippen molar-refractivity contribution in [3.8, 4) is 17.1 Å². The third-order valence-corrected chi connectivity index (χ3v) is 6.38. The number of carbonyl (C=O) groups excluding carboxylic acids is 1. The molecule has 0 saturated heterocycles. The van der Waals surface area contributed by atoms with Gasteiger partial charge in [-0.2, -0.15) is 22.0 Å². The van der Waals surface area contributed by atoms with Crippen LogP contribution in [0.4, 0.5) is 32.4 Å². The Kier molecular flexibility index (Phi) is 7.60. The first-order valence-electron chi connectivity index (χ1n) is 9.41. The molecule has 188 valence electrons. The van der Waals surface area contributed by atoms with E-state index < -0.39 is 56.7 Å². The smallest absolute Gasteiger partial charge is 0.456 e. The van der Waals surface area contributed by atoms with E-state index in [0.29, 0.717) is 4.57 Å². The first-order valence-corrected chi connectivity index (χ1v) is 11.1. The maximum atomic E-state index is 13.2. The number of pyridine rings is 2. The molecule has 1 amide bonds. The van der Waals surface area contributed by atoms with Gasteiger partial charge in [0.1, 0.15) is 0 Å². The Bertz CT molecular complexity index is 1260. The van der Waals surface area contributed by atoms with Crippen molar-refractivity contribution in [2.45, 2.75) is 30.8 Å². The van der Waals surface area contributed by atoms with Gasteiger partial charge in [0.25, 0.3) is 5.56 Å². The fraction of sp³-hybridized carbons (Fsp3) is 0.421. The van der Waals surface area contributed by atoms with E-state index in [1.807, 2.05) is 0 Å². The molecule has 0 spiro atoms. The van der Waals surface area contributed by atoms with E-state index >= 15 is 0 Å². The molecule has 2 aromatic rings. The van der Waals surface area contributed by atoms with Gasteiger partial charge in [-0.25, -0.2) is 13.2 Å². The van der Waals surface area contributed by atoms with Crippen molar-refractivity contribution in [3.05, 3.63) is 34.2 Å². The van der Waals surface area contributed by atoms with E-state index in [1.54, 1.807) is 0 Å². The number of nitrogens with zero attached hydrogens (tertiary/aromatic N) is 2. The topological polar surface area (TPSA) is 117 Å². The molecule has 0 saturated carbocycles. The molecule has 2 rings (SSSR count). The SMILES string of the molecule is CCS(=O)(=O)c1cc(NC(=O)OC)cnc1-c1c(C)cc(OCC(F)(F)C(F)(F)F)n(C)c1=O. The molecular weight excluding hydrogens is 493 g/mol. The molecule has 0 bridgehead atoms. The van der Waals surface area contributed by atoms with E-state index in [4.69, 9.17) is 0 Å². The van der Waals surface area contributed by atoms with Crippen LogP contribution in [0.2, 0.25) is 0 Å². The number of carbonyl (C=O) groups is 1. The van der Waals surface area contributed by atoms with Crippen LogP contribution >= 0.6 is 0 Å². The van der Waals surface area contributed by atoms with Crippen LogP contribution in [-0.4, -0.2) is 55.6 Å². The van der Waals surface area contributed by atoms with Crippen molar-refractivity contribution in [1.29, 1.82) is 0 Å². The summed E-state index contributed by atoms with van der Waals surface area (Å²) < 4.78 is 98.7. The van der Waals surface area contributed by atoms with Gasteiger partial charge in [0, 0.05) is 13.1 Å². The molecule has 15 heteroatoms. The fourth-order valence-corrected chi connectivity index (χ4v) is 3.79. The lowest BCUT2D eigenvalue weighted by molar-refractivity contribution is -0.290. The summed E-state index contributed by atoms with van der Waals surface area (Å²) in [6.45, 7) is 0.572. The Hall–Kier alpha value is -3.23. The summed E-state index contributed by atoms with van der Waals surface area (Å²) in [5, 5.41) is 2.25. The third kappa shape index (κ3) is 5.46. The second-order valence-electron chi connectivity index (χ2n) is 6.99. The molecule has 0 aliphatic heterocycles. The van der Waals surface area contributed by atoms with Crippen LogP contribution in [0.1, 0.15) is 12.5 Å². The Labute approximate surface area is 190 Å². The number of amides is 1. The second-order valence-corrected chi connectivity index (χ2v) is 9.23. The summed E-state index contributed by atoms with van der Waals surface area (Å²) in [4.78, 5) is 28.0. The molecule has 2 heterocycles. The molecular formula is C19H20F5N3O6S. The van der Waals surface area contributed by atoms with Crippen LogP contribution in [0.25, 0.3) is 11.3 Å². The lowest BCUT2D eigenvalue weighted by atomic mass is 10.1. The molecule has 0 fully saturated rings. The van der Waals surface area contributed by atoms with Gasteiger partial charge < -0.3 is 9.47 Å². The van der Waals surface area contributed by atoms with Gasteiger partial charge in [-0.15, -0.1) is 0 Å². The van der Waals surface area contributed by atoms with E-state index in [0.717, 1.165) is 32.5 Å². The van der Waals surface area contributed by atoms with Gasteiger partial charge >= 0.3 is 18.2 Å². The zero-order chi connectivity index (χ0) is 26.1. The van der Waals surface area contributed by atoms with Gasteiger partial charge in [0.2, 0.25) is 0 Å². The predicted molar refractivity (Wildman–Crippen MR) is 110 cm³/mol. The first kappa shape index (κ1) is 27.0. The minimum Gasteiger partial charge on any atom is -0.472 e. The van der Waals surface area contributed by atoms with Crippen LogP contribution in [0.5, 0.6) is 5.88 Å². The Morgan fingerprint density at radius 3 is 2.35 bits per heavy atom. The largest absolute Gasteiger partial charge is 0.472 e. The number of anilines is 1. The van der Waals surface area contributed by atoms with Crippen molar-refractivity contribution in [2.75, 3.05) is 24.8 Å². The summed E-state index contributed by atoms with van der Waals surface area (Å²) in [6, 6.07) is 2.07. The maximum absolute atomic E-state index is 13.2. The highest BCUT2D eigenvalue weighted by Crippen LogP contribution is 2.36. The normalized spacial score (nSPS) is 12.4. The van der Waals surface area contributed by atoms with Gasteiger partial charge in [-0.05, 0) is 18.6 Å². The van der Waals surface area contributed by atoms with Gasteiger partial charge in [0.05, 0.1) is 40.9 Å². The van der Waals surface area contributed by atoms with Crippen molar-refractivity contribution >= 4 is 21.6 Å². The van der Waals surface area contributed by atoms with Gasteiger partial charge in [-0.3, -0.25) is 19.7 Å². The monoisotopic (exact) mass is 513 g/mol. The molecule has 0 radical (unpaired) electrons. The number of alkyl halides is 5. The number of halogens is 5. The number of sulfone groups is 1. The Balaban J connectivity index is 2.63. The number of hydrogen-bond donors (Lipinski definition) is 1. The highest BCUT2D eigenvalue weighted by molar-refractivity contribution is 7.91. The summed E-state index contributed by atoms with van der Waals surface area (Å²) in [6.07, 6.45) is -5.69. The number of aryl methyl sites for hydroxylation is 1. The van der Waals surface area contributed by atoms with E-state index in [9.17, 15) is 40.0 Å². The average Bonchev–Trinajstić information content (AvgIpc) is 2.75. The summed E-state index contributed by atoms with van der Waals surface area (Å²) in [5.74, 6) is -6.16. The third-order valence-electron chi connectivity index (χ3n) is 4.64. The molecule has 9 nitrogen and oxygen atoms in total. The van der Waals surface area contributed by atoms with E-state index in [1.165, 1.54) is 13.8 Å². The molecule has 0 atom stereocenters. The molecule has 2 aromatic heterocycles. The lowest BCUT2D eigenvalue weighted by Gasteiger charge is -2.21. The van der Waals surface area contributed by atoms with Crippen molar-refractivity contribution in [1.82, 2.24) is 9.55 Å². The van der Waals surface area contributed by atoms with Crippen molar-refractivity contribution in [2.24, 2.45) is 7.05 Å². The molecule has 0 unspecified atom stereocenters. The molecule has 0 aromatic carbocycles. The summed E-state index contributed by atoms with van der Waals surface area (Å²) >= 11 is 0. The molecule has 0 aliphatic carbocycles. The standard InChI is InChI=1S/C19H20F5N3O6S/c1-5-34(30,31)12-7-11(26-17(29)32-4)8-25-15(12)14-10(2)6-13(27(3)16(14)28)33-9-18(20,21)19(22,23)24/h6-8H,5,9H2,1-4H3,(H,26,29). The maximum Gasteiger partial charge on any atom is 0.456 e. The van der Waals surface area contributed by atoms with E-state index in [2.05, 4.69) is 19.8 Å². The molecule has 1 N–H and O–H groups in total. The Morgan fingerprint density at radius 1 is 1.21 bits per heavy atom. The predicted octanol–water partition coefficient (Wildman–Crippen LogP) is 3.30. The summed E-state index contributed by atoms with van der Waals surface area (Å²) in [5.41, 5.74) is -1.57. The highest BCUT2D eigenvalue weighted by atomic mass is 32.2. The number of aromatic nitrogens is 2. The number of hydrogen-bond acceptors (Lipinski definition) is 7. The minimum absolute atomic E-state index is 0.00200. The highest BCUT2D eigenvalue weighted by Gasteiger charge is 2.58. The number of nitrogens with one attached hydrogen (secondary N) is 1. The number of rotatable bonds is 7. The quantitative estimate of drug-likeness (QED) is 0.565. The van der Waals surface area contributed by atoms with Gasteiger partial charge in [-0.1, -0.05) is 6.92 Å². The zero-order valence-electron chi connectivity index (χ0n) is 18.3. The van der Waals surface area contributed by atoms with Crippen LogP contribution in [-0.2, 0) is 21.6 Å². The number of methoxy groups -OCH3 is 1. The Morgan fingerprint density at radius 2 is 1.82 bits per heavy atom. The average molecular weight is 513 g/mol. The van der Waals surface area contributed by atoms with Crippen LogP contribution in [0.15, 0.2) is 28.0 Å². The molecule has 34 heavy (non-hydrogen) atoms. The van der Waals surface area contributed by atoms with Crippen LogP contribution in [0, 0.1) is 6.92 Å². The van der Waals surface area contributed by atoms with Crippen molar-refractivity contribution < 1.29 is 44.6 Å². The van der Waals surface area contributed by atoms with Gasteiger partial charge in [0.15, 0.2) is 22.3 Å². The molecule has 0 aliphatic rings. The fourth-order valence-electron chi connectivity index (χ4n) is 2.73. The van der Waals surface area contributed by atoms with Crippen LogP contribution < -0.4 is 15.6 Å². The lowest BCUT2D eigenvalue weighted by Crippen LogP contribution is -2.42. The number of ether oxygens (including phenoxy) is 2. The first-order chi connectivity index (χ1) is 15.6. The minimum atomic E-state index is -5.85. The van der Waals surface area contributed by atoms with Crippen molar-refractivity contribution in [3.63, 3.8) is 0 Å². The summed E-state index contributed by atoms with van der Waals surface area (Å²) in [7, 11) is -1.87. The van der Waals surface area contributed by atoms with E-state index in [-0.39, 0.29) is 22.5 Å².